The first-order valence-electron chi connectivity index (χ1n) is 8.74. The van der Waals surface area contributed by atoms with Crippen LogP contribution in [0.2, 0.25) is 0 Å². The Morgan fingerprint density at radius 3 is 2.14 bits per heavy atom. The largest absolute Gasteiger partial charge is 0.241 e. The van der Waals surface area contributed by atoms with Crippen LogP contribution in [0.5, 0.6) is 0 Å². The molecule has 1 aromatic heterocycles. The van der Waals surface area contributed by atoms with Crippen molar-refractivity contribution in [3.63, 3.8) is 0 Å². The van der Waals surface area contributed by atoms with Crippen molar-refractivity contribution < 1.29 is 0 Å². The number of nitrogens with zero attached hydrogens (tertiary/aromatic N) is 2. The Morgan fingerprint density at radius 2 is 1.45 bits per heavy atom. The first kappa shape index (κ1) is 12.8. The number of hydrogen-bond acceptors (Lipinski definition) is 2. The van der Waals surface area contributed by atoms with Gasteiger partial charge in [0, 0.05) is 17.2 Å². The van der Waals surface area contributed by atoms with Crippen LogP contribution in [-0.4, -0.2) is 9.97 Å². The molecule has 0 unspecified atom stereocenters. The van der Waals surface area contributed by atoms with Crippen LogP contribution in [0.15, 0.2) is 42.7 Å². The third-order valence-corrected chi connectivity index (χ3v) is 6.33. The molecule has 22 heavy (non-hydrogen) atoms. The SMILES string of the molecule is c1ccc(-c2cc(C3C4CC5CC(C4)CC3C5)ncn2)cc1. The standard InChI is InChI=1S/C20H22N2/c1-2-4-15(5-3-1)18-11-19(22-12-21-18)20-16-7-13-6-14(9-16)10-17(20)8-13/h1-5,11-14,16-17,20H,6-10H2. The van der Waals surface area contributed by atoms with Gasteiger partial charge < -0.3 is 0 Å². The summed E-state index contributed by atoms with van der Waals surface area (Å²) >= 11 is 0. The van der Waals surface area contributed by atoms with Gasteiger partial charge in [-0.1, -0.05) is 30.3 Å². The van der Waals surface area contributed by atoms with Crippen LogP contribution in [0.25, 0.3) is 11.3 Å². The van der Waals surface area contributed by atoms with Crippen molar-refractivity contribution in [2.75, 3.05) is 0 Å². The monoisotopic (exact) mass is 290 g/mol. The van der Waals surface area contributed by atoms with Crippen LogP contribution < -0.4 is 0 Å². The Balaban J connectivity index is 1.51. The average Bonchev–Trinajstić information content (AvgIpc) is 2.55. The molecule has 0 saturated heterocycles. The molecule has 4 aliphatic carbocycles. The van der Waals surface area contributed by atoms with Crippen molar-refractivity contribution in [3.8, 4) is 11.3 Å². The molecule has 0 aliphatic heterocycles. The van der Waals surface area contributed by atoms with E-state index in [0.29, 0.717) is 5.92 Å². The highest BCUT2D eigenvalue weighted by molar-refractivity contribution is 5.58. The maximum absolute atomic E-state index is 4.70. The molecule has 4 aliphatic rings. The van der Waals surface area contributed by atoms with Crippen LogP contribution in [0.3, 0.4) is 0 Å². The summed E-state index contributed by atoms with van der Waals surface area (Å²) in [6.45, 7) is 0. The van der Waals surface area contributed by atoms with Gasteiger partial charge in [-0.15, -0.1) is 0 Å². The van der Waals surface area contributed by atoms with Gasteiger partial charge in [-0.25, -0.2) is 9.97 Å². The predicted octanol–water partition coefficient (Wildman–Crippen LogP) is 4.68. The summed E-state index contributed by atoms with van der Waals surface area (Å²) in [5, 5.41) is 0. The van der Waals surface area contributed by atoms with Crippen LogP contribution in [0.1, 0.15) is 43.7 Å². The fraction of sp³-hybridized carbons (Fsp3) is 0.500. The maximum atomic E-state index is 4.70. The van der Waals surface area contributed by atoms with Gasteiger partial charge in [-0.2, -0.15) is 0 Å². The summed E-state index contributed by atoms with van der Waals surface area (Å²) < 4.78 is 0. The molecular weight excluding hydrogens is 268 g/mol. The van der Waals surface area contributed by atoms with Crippen molar-refractivity contribution in [3.05, 3.63) is 48.4 Å². The van der Waals surface area contributed by atoms with E-state index in [1.54, 1.807) is 6.33 Å². The highest BCUT2D eigenvalue weighted by Crippen LogP contribution is 2.59. The van der Waals surface area contributed by atoms with E-state index in [1.807, 2.05) is 0 Å². The molecule has 112 valence electrons. The van der Waals surface area contributed by atoms with Gasteiger partial charge in [-0.05, 0) is 61.8 Å². The topological polar surface area (TPSA) is 25.8 Å². The second kappa shape index (κ2) is 4.91. The zero-order valence-corrected chi connectivity index (χ0v) is 12.9. The van der Waals surface area contributed by atoms with Gasteiger partial charge in [0.2, 0.25) is 0 Å². The third-order valence-electron chi connectivity index (χ3n) is 6.33. The van der Waals surface area contributed by atoms with E-state index >= 15 is 0 Å². The van der Waals surface area contributed by atoms with Gasteiger partial charge >= 0.3 is 0 Å². The molecule has 4 saturated carbocycles. The molecule has 2 nitrogen and oxygen atoms in total. The van der Waals surface area contributed by atoms with E-state index in [1.165, 1.54) is 43.4 Å². The lowest BCUT2D eigenvalue weighted by atomic mass is 9.51. The Bertz CT molecular complexity index is 651. The molecule has 0 amide bonds. The Hall–Kier alpha value is -1.70. The maximum Gasteiger partial charge on any atom is 0.116 e. The minimum atomic E-state index is 0.693. The Labute approximate surface area is 132 Å². The van der Waals surface area contributed by atoms with Crippen molar-refractivity contribution in [1.29, 1.82) is 0 Å². The highest BCUT2D eigenvalue weighted by Gasteiger charge is 2.49. The first-order valence-corrected chi connectivity index (χ1v) is 8.74. The van der Waals surface area contributed by atoms with Gasteiger partial charge in [0.15, 0.2) is 0 Å². The molecule has 0 spiro atoms. The summed E-state index contributed by atoms with van der Waals surface area (Å²) in [5.74, 6) is 4.51. The molecule has 1 aromatic carbocycles. The van der Waals surface area contributed by atoms with Gasteiger partial charge in [0.05, 0.1) is 5.69 Å². The van der Waals surface area contributed by atoms with E-state index < -0.39 is 0 Å². The number of rotatable bonds is 2. The minimum Gasteiger partial charge on any atom is -0.241 e. The molecule has 4 bridgehead atoms. The van der Waals surface area contributed by atoms with Crippen molar-refractivity contribution in [1.82, 2.24) is 9.97 Å². The molecule has 2 heteroatoms. The van der Waals surface area contributed by atoms with Gasteiger partial charge in [0.1, 0.15) is 6.33 Å². The third kappa shape index (κ3) is 2.00. The zero-order chi connectivity index (χ0) is 14.5. The molecule has 4 fully saturated rings. The van der Waals surface area contributed by atoms with Gasteiger partial charge in [-0.3, -0.25) is 0 Å². The number of aromatic nitrogens is 2. The predicted molar refractivity (Wildman–Crippen MR) is 87.3 cm³/mol. The highest BCUT2D eigenvalue weighted by atomic mass is 14.8. The van der Waals surface area contributed by atoms with E-state index in [2.05, 4.69) is 41.4 Å². The summed E-state index contributed by atoms with van der Waals surface area (Å²) in [6.07, 6.45) is 9.08. The Kier molecular flexibility index (Phi) is 2.86. The Morgan fingerprint density at radius 1 is 0.773 bits per heavy atom. The van der Waals surface area contributed by atoms with Crippen molar-refractivity contribution >= 4 is 0 Å². The molecule has 1 heterocycles. The number of hydrogen-bond donors (Lipinski definition) is 0. The minimum absolute atomic E-state index is 0.693. The van der Waals surface area contributed by atoms with E-state index in [-0.39, 0.29) is 0 Å². The summed E-state index contributed by atoms with van der Waals surface area (Å²) in [4.78, 5) is 9.21. The molecule has 0 radical (unpaired) electrons. The average molecular weight is 290 g/mol. The number of benzene rings is 1. The summed E-state index contributed by atoms with van der Waals surface area (Å²) in [7, 11) is 0. The molecule has 0 atom stereocenters. The summed E-state index contributed by atoms with van der Waals surface area (Å²) in [5.41, 5.74) is 3.59. The van der Waals surface area contributed by atoms with Crippen molar-refractivity contribution in [2.45, 2.75) is 38.0 Å². The first-order chi connectivity index (χ1) is 10.9. The fourth-order valence-corrected chi connectivity index (χ4v) is 5.73. The second-order valence-electron chi connectivity index (χ2n) is 7.65. The van der Waals surface area contributed by atoms with E-state index in [9.17, 15) is 0 Å². The van der Waals surface area contributed by atoms with Crippen LogP contribution >= 0.6 is 0 Å². The van der Waals surface area contributed by atoms with Crippen LogP contribution in [0, 0.1) is 23.7 Å². The quantitative estimate of drug-likeness (QED) is 0.802. The van der Waals surface area contributed by atoms with E-state index in [0.717, 1.165) is 29.4 Å². The van der Waals surface area contributed by atoms with Crippen LogP contribution in [0.4, 0.5) is 0 Å². The zero-order valence-electron chi connectivity index (χ0n) is 12.9. The van der Waals surface area contributed by atoms with E-state index in [4.69, 9.17) is 4.98 Å². The molecule has 6 rings (SSSR count). The molecule has 0 N–H and O–H groups in total. The van der Waals surface area contributed by atoms with Crippen LogP contribution in [-0.2, 0) is 0 Å². The van der Waals surface area contributed by atoms with Gasteiger partial charge in [0.25, 0.3) is 0 Å². The lowest BCUT2D eigenvalue weighted by molar-refractivity contribution is -0.00417. The second-order valence-corrected chi connectivity index (χ2v) is 7.65. The normalized spacial score (nSPS) is 35.7. The van der Waals surface area contributed by atoms with Crippen molar-refractivity contribution in [2.24, 2.45) is 23.7 Å². The lowest BCUT2D eigenvalue weighted by Gasteiger charge is -2.54. The smallest absolute Gasteiger partial charge is 0.116 e. The molecule has 2 aromatic rings. The molecular formula is C20H22N2. The lowest BCUT2D eigenvalue weighted by Crippen LogP contribution is -2.44. The summed E-state index contributed by atoms with van der Waals surface area (Å²) in [6, 6.07) is 12.8. The fourth-order valence-electron chi connectivity index (χ4n) is 5.73.